The third-order valence-corrected chi connectivity index (χ3v) is 5.95. The number of carbonyl (C=O) groups excluding carboxylic acids is 1. The molecule has 0 unspecified atom stereocenters. The molecule has 0 saturated carbocycles. The maximum absolute atomic E-state index is 13.3. The number of amides is 1. The van der Waals surface area contributed by atoms with Crippen molar-refractivity contribution in [3.8, 4) is 0 Å². The van der Waals surface area contributed by atoms with Crippen molar-refractivity contribution in [2.75, 3.05) is 19.4 Å². The van der Waals surface area contributed by atoms with E-state index >= 15 is 0 Å². The Morgan fingerprint density at radius 2 is 1.64 bits per heavy atom. The lowest BCUT2D eigenvalue weighted by Gasteiger charge is -2.24. The largest absolute Gasteiger partial charge is 0.445 e. The van der Waals surface area contributed by atoms with E-state index in [2.05, 4.69) is 5.32 Å². The standard InChI is InChI=1S/C20H25FNO5P/c1-3-26-28(24,27-4-2)15-19(17-10-12-18(21)13-11-17)22-20(23)25-14-16-8-6-5-7-9-16/h5-13,19H,3-4,14-15H2,1-2H3,(H,22,23)/t19-/m0/s1. The number of hydrogen-bond acceptors (Lipinski definition) is 5. The van der Waals surface area contributed by atoms with Crippen molar-refractivity contribution in [2.24, 2.45) is 0 Å². The highest BCUT2D eigenvalue weighted by molar-refractivity contribution is 7.53. The first-order valence-corrected chi connectivity index (χ1v) is 10.8. The fourth-order valence-electron chi connectivity index (χ4n) is 2.60. The van der Waals surface area contributed by atoms with Crippen LogP contribution < -0.4 is 5.32 Å². The smallest absolute Gasteiger partial charge is 0.407 e. The molecule has 2 aromatic carbocycles. The second-order valence-corrected chi connectivity index (χ2v) is 8.04. The molecule has 0 fully saturated rings. The van der Waals surface area contributed by atoms with Gasteiger partial charge >= 0.3 is 13.7 Å². The van der Waals surface area contributed by atoms with Gasteiger partial charge in [-0.3, -0.25) is 4.57 Å². The molecule has 0 radical (unpaired) electrons. The molecule has 8 heteroatoms. The Balaban J connectivity index is 2.12. The zero-order chi connectivity index (χ0) is 20.4. The van der Waals surface area contributed by atoms with Gasteiger partial charge in [-0.2, -0.15) is 0 Å². The summed E-state index contributed by atoms with van der Waals surface area (Å²) >= 11 is 0. The van der Waals surface area contributed by atoms with Gasteiger partial charge in [0.2, 0.25) is 0 Å². The Labute approximate surface area is 164 Å². The fourth-order valence-corrected chi connectivity index (χ4v) is 4.42. The summed E-state index contributed by atoms with van der Waals surface area (Å²) in [5.74, 6) is -0.410. The van der Waals surface area contributed by atoms with E-state index < -0.39 is 25.5 Å². The number of ether oxygens (including phenoxy) is 1. The van der Waals surface area contributed by atoms with Crippen LogP contribution in [0.3, 0.4) is 0 Å². The van der Waals surface area contributed by atoms with Gasteiger partial charge in [-0.15, -0.1) is 0 Å². The van der Waals surface area contributed by atoms with Crippen LogP contribution >= 0.6 is 7.60 Å². The number of nitrogens with one attached hydrogen (secondary N) is 1. The van der Waals surface area contributed by atoms with Crippen LogP contribution in [-0.2, 0) is 25.0 Å². The number of halogens is 1. The zero-order valence-corrected chi connectivity index (χ0v) is 16.9. The van der Waals surface area contributed by atoms with Crippen LogP contribution in [0, 0.1) is 5.82 Å². The maximum Gasteiger partial charge on any atom is 0.407 e. The Morgan fingerprint density at radius 3 is 2.21 bits per heavy atom. The molecule has 2 rings (SSSR count). The van der Waals surface area contributed by atoms with Crippen molar-refractivity contribution in [1.29, 1.82) is 0 Å². The third kappa shape index (κ3) is 7.08. The van der Waals surface area contributed by atoms with Crippen molar-refractivity contribution < 1.29 is 27.5 Å². The van der Waals surface area contributed by atoms with Gasteiger partial charge in [0.1, 0.15) is 12.4 Å². The minimum atomic E-state index is -3.45. The van der Waals surface area contributed by atoms with E-state index in [1.807, 2.05) is 30.3 Å². The van der Waals surface area contributed by atoms with Crippen molar-refractivity contribution in [2.45, 2.75) is 26.5 Å². The molecule has 28 heavy (non-hydrogen) atoms. The highest BCUT2D eigenvalue weighted by atomic mass is 31.2. The van der Waals surface area contributed by atoms with E-state index in [-0.39, 0.29) is 26.0 Å². The zero-order valence-electron chi connectivity index (χ0n) is 16.0. The molecule has 0 aliphatic carbocycles. The molecule has 0 aliphatic heterocycles. The van der Waals surface area contributed by atoms with Gasteiger partial charge < -0.3 is 19.1 Å². The minimum Gasteiger partial charge on any atom is -0.445 e. The van der Waals surface area contributed by atoms with E-state index in [9.17, 15) is 13.8 Å². The maximum atomic E-state index is 13.3. The molecule has 0 bridgehead atoms. The summed E-state index contributed by atoms with van der Waals surface area (Å²) in [6, 6.07) is 14.1. The number of hydrogen-bond donors (Lipinski definition) is 1. The molecular weight excluding hydrogens is 384 g/mol. The number of rotatable bonds is 10. The highest BCUT2D eigenvalue weighted by Gasteiger charge is 2.30. The fraction of sp³-hybridized carbons (Fsp3) is 0.350. The Morgan fingerprint density at radius 1 is 1.04 bits per heavy atom. The molecule has 0 aliphatic rings. The van der Waals surface area contributed by atoms with Gasteiger partial charge in [0, 0.05) is 0 Å². The average Bonchev–Trinajstić information content (AvgIpc) is 2.67. The van der Waals surface area contributed by atoms with E-state index in [0.29, 0.717) is 5.56 Å². The molecule has 152 valence electrons. The second-order valence-electron chi connectivity index (χ2n) is 5.94. The van der Waals surface area contributed by atoms with Crippen LogP contribution in [0.2, 0.25) is 0 Å². The quantitative estimate of drug-likeness (QED) is 0.556. The normalized spacial score (nSPS) is 12.4. The average molecular weight is 409 g/mol. The molecular formula is C20H25FNO5P. The van der Waals surface area contributed by atoms with Crippen LogP contribution in [0.4, 0.5) is 9.18 Å². The molecule has 6 nitrogen and oxygen atoms in total. The molecule has 2 aromatic rings. The van der Waals surface area contributed by atoms with E-state index in [4.69, 9.17) is 13.8 Å². The van der Waals surface area contributed by atoms with Gasteiger partial charge in [-0.25, -0.2) is 9.18 Å². The summed E-state index contributed by atoms with van der Waals surface area (Å²) < 4.78 is 42.1. The van der Waals surface area contributed by atoms with E-state index in [1.165, 1.54) is 24.3 Å². The predicted octanol–water partition coefficient (Wildman–Crippen LogP) is 5.06. The van der Waals surface area contributed by atoms with Crippen LogP contribution in [0.15, 0.2) is 54.6 Å². The predicted molar refractivity (Wildman–Crippen MR) is 105 cm³/mol. The van der Waals surface area contributed by atoms with Crippen LogP contribution in [-0.4, -0.2) is 25.5 Å². The first kappa shape index (κ1) is 22.1. The molecule has 0 saturated heterocycles. The summed E-state index contributed by atoms with van der Waals surface area (Å²) in [5, 5.41) is 2.68. The topological polar surface area (TPSA) is 73.9 Å². The second kappa shape index (κ2) is 11.0. The molecule has 1 amide bonds. The molecule has 0 spiro atoms. The summed E-state index contributed by atoms with van der Waals surface area (Å²) in [7, 11) is -3.45. The van der Waals surface area contributed by atoms with Crippen molar-refractivity contribution >= 4 is 13.7 Å². The Bertz CT molecular complexity index is 775. The van der Waals surface area contributed by atoms with E-state index in [1.54, 1.807) is 13.8 Å². The summed E-state index contributed by atoms with van der Waals surface area (Å²) in [6.07, 6.45) is -0.779. The number of benzene rings is 2. The van der Waals surface area contributed by atoms with Gasteiger partial charge in [-0.1, -0.05) is 42.5 Å². The van der Waals surface area contributed by atoms with Crippen LogP contribution in [0.25, 0.3) is 0 Å². The third-order valence-electron chi connectivity index (χ3n) is 3.83. The number of carbonyl (C=O) groups is 1. The van der Waals surface area contributed by atoms with Gasteiger partial charge in [0.15, 0.2) is 0 Å². The van der Waals surface area contributed by atoms with Crippen molar-refractivity contribution in [1.82, 2.24) is 5.32 Å². The molecule has 0 heterocycles. The minimum absolute atomic E-state index is 0.0946. The highest BCUT2D eigenvalue weighted by Crippen LogP contribution is 2.50. The van der Waals surface area contributed by atoms with Crippen LogP contribution in [0.1, 0.15) is 31.0 Å². The monoisotopic (exact) mass is 409 g/mol. The van der Waals surface area contributed by atoms with Gasteiger partial charge in [0.25, 0.3) is 0 Å². The molecule has 0 aromatic heterocycles. The lowest BCUT2D eigenvalue weighted by Crippen LogP contribution is -2.31. The first-order chi connectivity index (χ1) is 13.5. The first-order valence-electron chi connectivity index (χ1n) is 9.06. The van der Waals surface area contributed by atoms with Crippen molar-refractivity contribution in [3.63, 3.8) is 0 Å². The summed E-state index contributed by atoms with van der Waals surface area (Å²) in [4.78, 5) is 12.3. The SMILES string of the molecule is CCOP(=O)(C[C@H](NC(=O)OCc1ccccc1)c1ccc(F)cc1)OCC. The Hall–Kier alpha value is -2.21. The van der Waals surface area contributed by atoms with Gasteiger partial charge in [0.05, 0.1) is 25.4 Å². The lowest BCUT2D eigenvalue weighted by molar-refractivity contribution is 0.136. The lowest BCUT2D eigenvalue weighted by atomic mass is 10.1. The molecule has 1 N–H and O–H groups in total. The van der Waals surface area contributed by atoms with Crippen LogP contribution in [0.5, 0.6) is 0 Å². The van der Waals surface area contributed by atoms with Crippen molar-refractivity contribution in [3.05, 3.63) is 71.5 Å². The Kier molecular flexibility index (Phi) is 8.64. The molecule has 1 atom stereocenters. The number of alkyl carbamates (subject to hydrolysis) is 1. The van der Waals surface area contributed by atoms with E-state index in [0.717, 1.165) is 5.56 Å². The summed E-state index contributed by atoms with van der Waals surface area (Å²) in [6.45, 7) is 3.91. The summed E-state index contributed by atoms with van der Waals surface area (Å²) in [5.41, 5.74) is 1.41. The van der Waals surface area contributed by atoms with Gasteiger partial charge in [-0.05, 0) is 37.1 Å².